The van der Waals surface area contributed by atoms with Crippen LogP contribution in [0.4, 0.5) is 0 Å². The SMILES string of the molecule is CC/C=C\C/C=C\C/C=C\C/C=C\C/C=C\CCCCCC(=O)OC[C@@H](COC(=O)CCCCCCCCCCC)OC(=O)CCCCCCC/C=C\C/C=C\C/C=C\CC. The third-order valence-corrected chi connectivity index (χ3v) is 10.1. The summed E-state index contributed by atoms with van der Waals surface area (Å²) in [5.74, 6) is -0.954. The van der Waals surface area contributed by atoms with Gasteiger partial charge in [-0.2, -0.15) is 0 Å². The number of ether oxygens (including phenoxy) is 3. The van der Waals surface area contributed by atoms with Gasteiger partial charge >= 0.3 is 17.9 Å². The van der Waals surface area contributed by atoms with Gasteiger partial charge in [0.15, 0.2) is 6.10 Å². The first-order valence-corrected chi connectivity index (χ1v) is 24.7. The minimum Gasteiger partial charge on any atom is -0.462 e. The maximum Gasteiger partial charge on any atom is 0.306 e. The van der Waals surface area contributed by atoms with Crippen molar-refractivity contribution < 1.29 is 28.6 Å². The first-order valence-electron chi connectivity index (χ1n) is 24.7. The number of carbonyl (C=O) groups excluding carboxylic acids is 3. The maximum atomic E-state index is 12.8. The molecule has 61 heavy (non-hydrogen) atoms. The molecule has 0 amide bonds. The molecule has 0 bridgehead atoms. The molecule has 1 atom stereocenters. The fourth-order valence-electron chi connectivity index (χ4n) is 6.42. The molecule has 0 aromatic carbocycles. The van der Waals surface area contributed by atoms with Gasteiger partial charge in [-0.1, -0.05) is 195 Å². The van der Waals surface area contributed by atoms with Crippen molar-refractivity contribution >= 4 is 17.9 Å². The molecule has 0 rings (SSSR count). The summed E-state index contributed by atoms with van der Waals surface area (Å²) in [6.07, 6.45) is 63.9. The molecule has 6 heteroatoms. The zero-order valence-corrected chi connectivity index (χ0v) is 39.4. The monoisotopic (exact) mass is 847 g/mol. The summed E-state index contributed by atoms with van der Waals surface area (Å²) in [6.45, 7) is 6.33. The molecule has 0 spiro atoms. The van der Waals surface area contributed by atoms with Crippen LogP contribution in [0, 0.1) is 0 Å². The van der Waals surface area contributed by atoms with Crippen molar-refractivity contribution in [1.82, 2.24) is 0 Å². The standard InChI is InChI=1S/C55H90O6/c1-4-7-10-13-16-19-21-23-25-26-27-28-30-31-33-36-39-42-45-48-54(57)60-51-52(50-59-53(56)47-44-41-38-35-18-15-12-9-6-3)61-55(58)49-46-43-40-37-34-32-29-24-22-20-17-14-11-8-5-2/h7-8,10-11,16-17,19-20,23-25,27-29,31,33,52H,4-6,9,12-15,18,21-22,26,30,32,34-51H2,1-3H3/b10-7-,11-8-,19-16-,20-17-,25-23-,28-27-,29-24-,33-31-/t52-/m1/s1. The van der Waals surface area contributed by atoms with Gasteiger partial charge in [-0.3, -0.25) is 14.4 Å². The van der Waals surface area contributed by atoms with Gasteiger partial charge < -0.3 is 14.2 Å². The summed E-state index contributed by atoms with van der Waals surface area (Å²) in [6, 6.07) is 0. The van der Waals surface area contributed by atoms with Crippen LogP contribution < -0.4 is 0 Å². The topological polar surface area (TPSA) is 78.9 Å². The second-order valence-corrected chi connectivity index (χ2v) is 16.0. The van der Waals surface area contributed by atoms with Crippen LogP contribution >= 0.6 is 0 Å². The molecule has 0 saturated heterocycles. The molecule has 0 saturated carbocycles. The summed E-state index contributed by atoms with van der Waals surface area (Å²) in [5, 5.41) is 0. The number of hydrogen-bond donors (Lipinski definition) is 0. The Morgan fingerprint density at radius 2 is 0.639 bits per heavy atom. The largest absolute Gasteiger partial charge is 0.462 e. The number of rotatable bonds is 43. The van der Waals surface area contributed by atoms with E-state index >= 15 is 0 Å². The van der Waals surface area contributed by atoms with Gasteiger partial charge in [-0.15, -0.1) is 0 Å². The van der Waals surface area contributed by atoms with Gasteiger partial charge in [0, 0.05) is 19.3 Å². The van der Waals surface area contributed by atoms with Gasteiger partial charge in [-0.25, -0.2) is 0 Å². The van der Waals surface area contributed by atoms with Crippen LogP contribution in [0.15, 0.2) is 97.2 Å². The van der Waals surface area contributed by atoms with Crippen LogP contribution in [0.3, 0.4) is 0 Å². The fourth-order valence-corrected chi connectivity index (χ4v) is 6.42. The van der Waals surface area contributed by atoms with E-state index in [1.807, 2.05) is 0 Å². The average Bonchev–Trinajstić information content (AvgIpc) is 3.26. The highest BCUT2D eigenvalue weighted by Gasteiger charge is 2.19. The molecular formula is C55H90O6. The molecule has 0 fully saturated rings. The molecule has 0 aromatic rings. The van der Waals surface area contributed by atoms with Gasteiger partial charge in [0.05, 0.1) is 0 Å². The lowest BCUT2D eigenvalue weighted by Crippen LogP contribution is -2.30. The number of carbonyl (C=O) groups is 3. The first kappa shape index (κ1) is 57.3. The molecule has 0 aliphatic heterocycles. The van der Waals surface area contributed by atoms with E-state index in [0.717, 1.165) is 135 Å². The predicted molar refractivity (Wildman–Crippen MR) is 260 cm³/mol. The Morgan fingerprint density at radius 3 is 1.02 bits per heavy atom. The van der Waals surface area contributed by atoms with Gasteiger partial charge in [0.25, 0.3) is 0 Å². The second-order valence-electron chi connectivity index (χ2n) is 16.0. The van der Waals surface area contributed by atoms with Crippen LogP contribution in [0.25, 0.3) is 0 Å². The smallest absolute Gasteiger partial charge is 0.306 e. The molecule has 6 nitrogen and oxygen atoms in total. The van der Waals surface area contributed by atoms with E-state index in [-0.39, 0.29) is 31.1 Å². The highest BCUT2D eigenvalue weighted by atomic mass is 16.6. The number of esters is 3. The van der Waals surface area contributed by atoms with Crippen LogP contribution in [0.2, 0.25) is 0 Å². The Kier molecular flexibility index (Phi) is 46.0. The lowest BCUT2D eigenvalue weighted by atomic mass is 10.1. The Hall–Kier alpha value is -3.67. The number of unbranched alkanes of at least 4 members (excludes halogenated alkanes) is 16. The summed E-state index contributed by atoms with van der Waals surface area (Å²) in [4.78, 5) is 37.8. The summed E-state index contributed by atoms with van der Waals surface area (Å²) in [5.41, 5.74) is 0. The Morgan fingerprint density at radius 1 is 0.344 bits per heavy atom. The highest BCUT2D eigenvalue weighted by molar-refractivity contribution is 5.71. The van der Waals surface area contributed by atoms with Gasteiger partial charge in [-0.05, 0) is 96.3 Å². The zero-order chi connectivity index (χ0) is 44.4. The fraction of sp³-hybridized carbons (Fsp3) is 0.655. The quantitative estimate of drug-likeness (QED) is 0.0263. The predicted octanol–water partition coefficient (Wildman–Crippen LogP) is 16.2. The van der Waals surface area contributed by atoms with Crippen molar-refractivity contribution in [2.24, 2.45) is 0 Å². The normalized spacial score (nSPS) is 12.9. The molecular weight excluding hydrogens is 757 g/mol. The van der Waals surface area contributed by atoms with Crippen molar-refractivity contribution in [2.75, 3.05) is 13.2 Å². The van der Waals surface area contributed by atoms with E-state index in [4.69, 9.17) is 14.2 Å². The molecule has 0 radical (unpaired) electrons. The lowest BCUT2D eigenvalue weighted by molar-refractivity contribution is -0.167. The van der Waals surface area contributed by atoms with Crippen LogP contribution in [0.1, 0.15) is 213 Å². The Labute approximate surface area is 375 Å². The number of allylic oxidation sites excluding steroid dienone is 16. The Balaban J connectivity index is 4.44. The molecule has 346 valence electrons. The summed E-state index contributed by atoms with van der Waals surface area (Å²) < 4.78 is 16.7. The summed E-state index contributed by atoms with van der Waals surface area (Å²) >= 11 is 0. The minimum absolute atomic E-state index is 0.0955. The van der Waals surface area contributed by atoms with E-state index in [2.05, 4.69) is 118 Å². The number of hydrogen-bond acceptors (Lipinski definition) is 6. The van der Waals surface area contributed by atoms with Crippen molar-refractivity contribution in [3.63, 3.8) is 0 Å². The molecule has 0 heterocycles. The van der Waals surface area contributed by atoms with Crippen molar-refractivity contribution in [3.05, 3.63) is 97.2 Å². The molecule has 0 aromatic heterocycles. The van der Waals surface area contributed by atoms with Crippen molar-refractivity contribution in [3.8, 4) is 0 Å². The maximum absolute atomic E-state index is 12.8. The molecule has 0 aliphatic carbocycles. The average molecular weight is 847 g/mol. The van der Waals surface area contributed by atoms with Crippen LogP contribution in [-0.2, 0) is 28.6 Å². The van der Waals surface area contributed by atoms with Gasteiger partial charge in [0.2, 0.25) is 0 Å². The van der Waals surface area contributed by atoms with E-state index in [1.54, 1.807) is 0 Å². The molecule has 0 unspecified atom stereocenters. The molecule has 0 aliphatic rings. The van der Waals surface area contributed by atoms with E-state index in [9.17, 15) is 14.4 Å². The van der Waals surface area contributed by atoms with E-state index in [1.165, 1.54) is 38.5 Å². The van der Waals surface area contributed by atoms with E-state index < -0.39 is 6.10 Å². The zero-order valence-electron chi connectivity index (χ0n) is 39.4. The first-order chi connectivity index (χ1) is 30.0. The Bertz CT molecular complexity index is 1250. The molecule has 0 N–H and O–H groups in total. The highest BCUT2D eigenvalue weighted by Crippen LogP contribution is 2.13. The van der Waals surface area contributed by atoms with Crippen molar-refractivity contribution in [2.45, 2.75) is 219 Å². The third kappa shape index (κ3) is 47.2. The van der Waals surface area contributed by atoms with Crippen LogP contribution in [0.5, 0.6) is 0 Å². The summed E-state index contributed by atoms with van der Waals surface area (Å²) in [7, 11) is 0. The minimum atomic E-state index is -0.798. The van der Waals surface area contributed by atoms with Gasteiger partial charge in [0.1, 0.15) is 13.2 Å². The second kappa shape index (κ2) is 49.0. The lowest BCUT2D eigenvalue weighted by Gasteiger charge is -2.18. The van der Waals surface area contributed by atoms with E-state index in [0.29, 0.717) is 19.3 Å². The third-order valence-electron chi connectivity index (χ3n) is 10.1. The van der Waals surface area contributed by atoms with Crippen LogP contribution in [-0.4, -0.2) is 37.2 Å². The van der Waals surface area contributed by atoms with Crippen molar-refractivity contribution in [1.29, 1.82) is 0 Å².